The first-order valence-corrected chi connectivity index (χ1v) is 6.28. The van der Waals surface area contributed by atoms with Gasteiger partial charge in [-0.05, 0) is 25.1 Å². The first-order chi connectivity index (χ1) is 8.47. The molecule has 0 radical (unpaired) electrons. The molecule has 6 heteroatoms. The summed E-state index contributed by atoms with van der Waals surface area (Å²) in [5, 5.41) is 5.48. The van der Waals surface area contributed by atoms with Gasteiger partial charge in [0.2, 0.25) is 0 Å². The van der Waals surface area contributed by atoms with Crippen molar-refractivity contribution in [1.82, 2.24) is 9.78 Å². The predicted molar refractivity (Wildman–Crippen MR) is 72.8 cm³/mol. The number of carbonyl (C=O) groups is 1. The van der Waals surface area contributed by atoms with E-state index in [-0.39, 0.29) is 12.3 Å². The highest BCUT2D eigenvalue weighted by atomic mass is 35.5. The molecule has 0 fully saturated rings. The Bertz CT molecular complexity index is 588. The summed E-state index contributed by atoms with van der Waals surface area (Å²) in [6.45, 7) is 1.87. The molecule has 1 aromatic carbocycles. The van der Waals surface area contributed by atoms with Crippen LogP contribution in [0.1, 0.15) is 16.1 Å². The highest BCUT2D eigenvalue weighted by Crippen LogP contribution is 2.22. The van der Waals surface area contributed by atoms with Crippen LogP contribution in [0.4, 0.5) is 0 Å². The molecule has 0 amide bonds. The molecule has 1 aromatic heterocycles. The van der Waals surface area contributed by atoms with Gasteiger partial charge in [-0.2, -0.15) is 5.10 Å². The second-order valence-electron chi connectivity index (χ2n) is 3.81. The summed E-state index contributed by atoms with van der Waals surface area (Å²) in [5.41, 5.74) is 1.11. The lowest BCUT2D eigenvalue weighted by Crippen LogP contribution is -2.11. The number of ketones is 1. The van der Waals surface area contributed by atoms with Gasteiger partial charge >= 0.3 is 0 Å². The van der Waals surface area contributed by atoms with Crippen molar-refractivity contribution in [3.63, 3.8) is 0 Å². The van der Waals surface area contributed by atoms with Gasteiger partial charge in [0.05, 0.1) is 15.7 Å². The molecule has 0 bridgehead atoms. The summed E-state index contributed by atoms with van der Waals surface area (Å²) in [7, 11) is 0. The van der Waals surface area contributed by atoms with Crippen LogP contribution in [0.5, 0.6) is 0 Å². The minimum Gasteiger partial charge on any atom is -0.292 e. The van der Waals surface area contributed by atoms with Crippen molar-refractivity contribution in [2.75, 3.05) is 0 Å². The largest absolute Gasteiger partial charge is 0.292 e. The van der Waals surface area contributed by atoms with E-state index in [4.69, 9.17) is 34.8 Å². The first kappa shape index (κ1) is 13.4. The van der Waals surface area contributed by atoms with E-state index in [1.165, 1.54) is 10.7 Å². The molecule has 0 spiro atoms. The van der Waals surface area contributed by atoms with Crippen LogP contribution in [0.15, 0.2) is 24.4 Å². The summed E-state index contributed by atoms with van der Waals surface area (Å²) in [6, 6.07) is 4.77. The van der Waals surface area contributed by atoms with Crippen LogP contribution >= 0.6 is 34.8 Å². The summed E-state index contributed by atoms with van der Waals surface area (Å²) < 4.78 is 1.49. The molecule has 94 valence electrons. The molecule has 0 N–H and O–H groups in total. The van der Waals surface area contributed by atoms with E-state index in [2.05, 4.69) is 5.10 Å². The Morgan fingerprint density at radius 2 is 2.00 bits per heavy atom. The fourth-order valence-electron chi connectivity index (χ4n) is 1.52. The summed E-state index contributed by atoms with van der Waals surface area (Å²) in [4.78, 5) is 12.0. The maximum absolute atomic E-state index is 12.0. The number of hydrogen-bond acceptors (Lipinski definition) is 2. The van der Waals surface area contributed by atoms with E-state index in [0.29, 0.717) is 26.3 Å². The van der Waals surface area contributed by atoms with Gasteiger partial charge in [-0.3, -0.25) is 9.48 Å². The lowest BCUT2D eigenvalue weighted by molar-refractivity contribution is 0.0968. The second kappa shape index (κ2) is 5.31. The van der Waals surface area contributed by atoms with E-state index in [1.54, 1.807) is 25.3 Å². The number of halogens is 3. The van der Waals surface area contributed by atoms with Crippen molar-refractivity contribution in [3.05, 3.63) is 50.7 Å². The van der Waals surface area contributed by atoms with Gasteiger partial charge in [0.15, 0.2) is 5.78 Å². The van der Waals surface area contributed by atoms with E-state index in [9.17, 15) is 4.79 Å². The first-order valence-electron chi connectivity index (χ1n) is 5.15. The zero-order valence-electron chi connectivity index (χ0n) is 9.45. The average Bonchev–Trinajstić information content (AvgIpc) is 2.57. The molecule has 1 heterocycles. The molecule has 0 saturated heterocycles. The molecule has 0 saturated carbocycles. The van der Waals surface area contributed by atoms with Crippen LogP contribution < -0.4 is 0 Å². The Morgan fingerprint density at radius 1 is 1.28 bits per heavy atom. The summed E-state index contributed by atoms with van der Waals surface area (Å²) in [5.74, 6) is -0.143. The lowest BCUT2D eigenvalue weighted by atomic mass is 10.1. The third kappa shape index (κ3) is 2.86. The summed E-state index contributed by atoms with van der Waals surface area (Å²) >= 11 is 17.6. The van der Waals surface area contributed by atoms with Crippen molar-refractivity contribution < 1.29 is 4.79 Å². The Labute approximate surface area is 119 Å². The van der Waals surface area contributed by atoms with Gasteiger partial charge in [-0.1, -0.05) is 34.8 Å². The van der Waals surface area contributed by atoms with Gasteiger partial charge in [-0.15, -0.1) is 0 Å². The SMILES string of the molecule is Cc1nn(CC(=O)c2ccc(Cl)cc2Cl)cc1Cl. The fourth-order valence-corrected chi connectivity index (χ4v) is 2.19. The van der Waals surface area contributed by atoms with E-state index in [1.807, 2.05) is 0 Å². The highest BCUT2D eigenvalue weighted by molar-refractivity contribution is 6.36. The second-order valence-corrected chi connectivity index (χ2v) is 5.06. The summed E-state index contributed by atoms with van der Waals surface area (Å²) in [6.07, 6.45) is 1.61. The molecule has 18 heavy (non-hydrogen) atoms. The Kier molecular flexibility index (Phi) is 3.95. The number of hydrogen-bond donors (Lipinski definition) is 0. The smallest absolute Gasteiger partial charge is 0.185 e. The van der Waals surface area contributed by atoms with Crippen LogP contribution in [-0.2, 0) is 6.54 Å². The van der Waals surface area contributed by atoms with Crippen LogP contribution in [0.25, 0.3) is 0 Å². The third-order valence-electron chi connectivity index (χ3n) is 2.42. The number of benzene rings is 1. The van der Waals surface area contributed by atoms with Gasteiger partial charge < -0.3 is 0 Å². The molecular formula is C12H9Cl3N2O. The Morgan fingerprint density at radius 3 is 2.56 bits per heavy atom. The predicted octanol–water partition coefficient (Wildman–Crippen LogP) is 4.03. The molecule has 0 atom stereocenters. The quantitative estimate of drug-likeness (QED) is 0.802. The molecule has 3 nitrogen and oxygen atoms in total. The number of aryl methyl sites for hydroxylation is 1. The van der Waals surface area contributed by atoms with Crippen molar-refractivity contribution in [1.29, 1.82) is 0 Å². The number of Topliss-reactive ketones (excluding diaryl/α,β-unsaturated/α-hetero) is 1. The normalized spacial score (nSPS) is 10.7. The maximum Gasteiger partial charge on any atom is 0.185 e. The van der Waals surface area contributed by atoms with E-state index in [0.717, 1.165) is 0 Å². The van der Waals surface area contributed by atoms with Crippen LogP contribution in [0.2, 0.25) is 15.1 Å². The van der Waals surface area contributed by atoms with Crippen LogP contribution in [0, 0.1) is 6.92 Å². The van der Waals surface area contributed by atoms with Gasteiger partial charge in [0.25, 0.3) is 0 Å². The van der Waals surface area contributed by atoms with Crippen molar-refractivity contribution in [3.8, 4) is 0 Å². The number of carbonyl (C=O) groups excluding carboxylic acids is 1. The standard InChI is InChI=1S/C12H9Cl3N2O/c1-7-11(15)5-17(16-7)6-12(18)9-3-2-8(13)4-10(9)14/h2-5H,6H2,1H3. The van der Waals surface area contributed by atoms with E-state index < -0.39 is 0 Å². The van der Waals surface area contributed by atoms with Crippen molar-refractivity contribution >= 4 is 40.6 Å². The van der Waals surface area contributed by atoms with Crippen LogP contribution in [0.3, 0.4) is 0 Å². The molecule has 0 unspecified atom stereocenters. The Balaban J connectivity index is 2.22. The molecule has 0 aliphatic rings. The van der Waals surface area contributed by atoms with E-state index >= 15 is 0 Å². The number of nitrogens with zero attached hydrogens (tertiary/aromatic N) is 2. The van der Waals surface area contributed by atoms with Gasteiger partial charge in [-0.25, -0.2) is 0 Å². The third-order valence-corrected chi connectivity index (χ3v) is 3.34. The maximum atomic E-state index is 12.0. The average molecular weight is 304 g/mol. The minimum absolute atomic E-state index is 0.0922. The minimum atomic E-state index is -0.143. The highest BCUT2D eigenvalue weighted by Gasteiger charge is 2.12. The molecule has 0 aliphatic carbocycles. The monoisotopic (exact) mass is 302 g/mol. The zero-order valence-corrected chi connectivity index (χ0v) is 11.7. The zero-order chi connectivity index (χ0) is 13.3. The van der Waals surface area contributed by atoms with Crippen molar-refractivity contribution in [2.24, 2.45) is 0 Å². The van der Waals surface area contributed by atoms with Crippen molar-refractivity contribution in [2.45, 2.75) is 13.5 Å². The van der Waals surface area contributed by atoms with Crippen LogP contribution in [-0.4, -0.2) is 15.6 Å². The number of rotatable bonds is 3. The molecular weight excluding hydrogens is 295 g/mol. The molecule has 0 aliphatic heterocycles. The Hall–Kier alpha value is -1.03. The lowest BCUT2D eigenvalue weighted by Gasteiger charge is -2.04. The molecule has 2 aromatic rings. The van der Waals surface area contributed by atoms with Gasteiger partial charge in [0.1, 0.15) is 6.54 Å². The molecule has 2 rings (SSSR count). The van der Waals surface area contributed by atoms with Gasteiger partial charge in [0, 0.05) is 16.8 Å². The fraction of sp³-hybridized carbons (Fsp3) is 0.167. The topological polar surface area (TPSA) is 34.9 Å². The number of aromatic nitrogens is 2.